The van der Waals surface area contributed by atoms with Crippen molar-refractivity contribution in [1.29, 1.82) is 0 Å². The number of aliphatic hydroxyl groups is 1. The van der Waals surface area contributed by atoms with Gasteiger partial charge in [0, 0.05) is 44.2 Å². The van der Waals surface area contributed by atoms with Crippen LogP contribution >= 0.6 is 11.8 Å². The number of amides is 1. The number of thioether (sulfide) groups is 1. The molecule has 0 aromatic carbocycles. The maximum atomic E-state index is 13.5. The first-order valence-electron chi connectivity index (χ1n) is 15.0. The largest absolute Gasteiger partial charge is 0.392 e. The van der Waals surface area contributed by atoms with Gasteiger partial charge in [0.25, 0.3) is 0 Å². The predicted octanol–water partition coefficient (Wildman–Crippen LogP) is 2.44. The molecule has 35 heavy (non-hydrogen) atoms. The van der Waals surface area contributed by atoms with Crippen molar-refractivity contribution < 1.29 is 20.5 Å². The number of nitrogens with two attached hydrogens (primary N) is 2. The fourth-order valence-corrected chi connectivity index (χ4v) is 11.4. The van der Waals surface area contributed by atoms with Crippen LogP contribution in [0.4, 0.5) is 0 Å². The van der Waals surface area contributed by atoms with Gasteiger partial charge in [0.05, 0.1) is 24.4 Å². The maximum Gasteiger partial charge on any atom is 0.225 e. The first kappa shape index (κ1) is 26.3. The molecule has 3 unspecified atom stereocenters. The Balaban J connectivity index is 1.24. The second-order valence-corrected chi connectivity index (χ2v) is 15.0. The highest BCUT2D eigenvalue weighted by atomic mass is 32.2. The third-order valence-electron chi connectivity index (χ3n) is 11.3. The van der Waals surface area contributed by atoms with Crippen LogP contribution in [0.1, 0.15) is 85.0 Å². The minimum atomic E-state index is -0.353. The summed E-state index contributed by atoms with van der Waals surface area (Å²) in [7, 11) is 2.01. The first-order chi connectivity index (χ1) is 16.8. The van der Waals surface area contributed by atoms with Gasteiger partial charge in [0.15, 0.2) is 0 Å². The molecule has 0 radical (unpaired) electrons. The number of hydrogen-bond acceptors (Lipinski definition) is 3. The van der Waals surface area contributed by atoms with E-state index in [0.717, 1.165) is 24.1 Å². The highest BCUT2D eigenvalue weighted by molar-refractivity contribution is 8.00. The van der Waals surface area contributed by atoms with Crippen molar-refractivity contribution in [1.82, 2.24) is 4.90 Å². The van der Waals surface area contributed by atoms with Gasteiger partial charge in [-0.15, -0.1) is 0 Å². The van der Waals surface area contributed by atoms with Crippen LogP contribution in [0.3, 0.4) is 0 Å². The van der Waals surface area contributed by atoms with Gasteiger partial charge in [-0.05, 0) is 55.3 Å². The second kappa shape index (κ2) is 10.8. The van der Waals surface area contributed by atoms with Gasteiger partial charge in [0.1, 0.15) is 11.4 Å². The Labute approximate surface area is 218 Å². The van der Waals surface area contributed by atoms with Crippen LogP contribution < -0.4 is 10.6 Å². The van der Waals surface area contributed by atoms with Crippen LogP contribution in [0, 0.1) is 40.9 Å². The number of carbonyl (C=O) groups excluding carboxylic acids is 1. The molecule has 5 rings (SSSR count). The van der Waals surface area contributed by atoms with Crippen LogP contribution in [0.5, 0.6) is 0 Å². The van der Waals surface area contributed by atoms with E-state index < -0.39 is 0 Å². The summed E-state index contributed by atoms with van der Waals surface area (Å²) in [5.41, 5.74) is 0.212. The van der Waals surface area contributed by atoms with E-state index in [1.54, 1.807) is 0 Å². The van der Waals surface area contributed by atoms with E-state index in [1.165, 1.54) is 70.9 Å². The van der Waals surface area contributed by atoms with Gasteiger partial charge in [-0.25, -0.2) is 0 Å². The fourth-order valence-electron chi connectivity index (χ4n) is 9.25. The standard InChI is InChI=1S/C29H51N3O2S/c1-18(28(34)32(4)17-20-8-6-5-7-9-20)22-10-13-29(3)16-23-25(19(2)24(29)26(22)33)31-27(35-23)21-11-14-30-15-12-21/h18-27,30-31,33H,5-17H2,1-4H3/p+2/t18-,19+,22-,23?,24+,25?,26-,27?,29+/m0/s1. The molecule has 9 atom stereocenters. The molecule has 5 fully saturated rings. The van der Waals surface area contributed by atoms with E-state index in [9.17, 15) is 9.90 Å². The molecule has 5 nitrogen and oxygen atoms in total. The van der Waals surface area contributed by atoms with Crippen molar-refractivity contribution in [3.63, 3.8) is 0 Å². The van der Waals surface area contributed by atoms with E-state index in [-0.39, 0.29) is 29.3 Å². The van der Waals surface area contributed by atoms with Gasteiger partial charge in [-0.2, -0.15) is 0 Å². The number of quaternary nitrogens is 2. The monoisotopic (exact) mass is 507 g/mol. The molecule has 5 aliphatic rings. The molecule has 0 aromatic heterocycles. The molecular weight excluding hydrogens is 454 g/mol. The quantitative estimate of drug-likeness (QED) is 0.535. The van der Waals surface area contributed by atoms with Gasteiger partial charge in [-0.1, -0.05) is 51.8 Å². The van der Waals surface area contributed by atoms with Crippen LogP contribution in [-0.2, 0) is 4.79 Å². The Kier molecular flexibility index (Phi) is 8.14. The third-order valence-corrected chi connectivity index (χ3v) is 13.0. The summed E-state index contributed by atoms with van der Waals surface area (Å²) in [6.45, 7) is 10.5. The van der Waals surface area contributed by atoms with Crippen molar-refractivity contribution in [2.75, 3.05) is 26.7 Å². The van der Waals surface area contributed by atoms with E-state index >= 15 is 0 Å². The zero-order valence-corrected chi connectivity index (χ0v) is 23.6. The number of piperidine rings is 1. The summed E-state index contributed by atoms with van der Waals surface area (Å²) in [6, 6.07) is 0.627. The first-order valence-corrected chi connectivity index (χ1v) is 16.0. The average Bonchev–Trinajstić information content (AvgIpc) is 3.28. The van der Waals surface area contributed by atoms with Crippen molar-refractivity contribution >= 4 is 17.7 Å². The van der Waals surface area contributed by atoms with Gasteiger partial charge in [-0.3, -0.25) is 4.79 Å². The molecule has 0 aromatic rings. The summed E-state index contributed by atoms with van der Waals surface area (Å²) in [5.74, 6) is 2.64. The zero-order valence-electron chi connectivity index (χ0n) is 22.8. The molecule has 2 aliphatic heterocycles. The summed E-state index contributed by atoms with van der Waals surface area (Å²) < 4.78 is 0. The topological polar surface area (TPSA) is 73.8 Å². The van der Waals surface area contributed by atoms with E-state index in [4.69, 9.17) is 0 Å². The lowest BCUT2D eigenvalue weighted by molar-refractivity contribution is -0.717. The van der Waals surface area contributed by atoms with Crippen molar-refractivity contribution in [3.05, 3.63) is 0 Å². The Hall–Kier alpha value is -0.300. The third kappa shape index (κ3) is 5.20. The van der Waals surface area contributed by atoms with E-state index in [2.05, 4.69) is 43.2 Å². The Morgan fingerprint density at radius 3 is 2.57 bits per heavy atom. The molecule has 6 heteroatoms. The lowest BCUT2D eigenvalue weighted by Gasteiger charge is -2.56. The smallest absolute Gasteiger partial charge is 0.225 e. The Morgan fingerprint density at radius 1 is 1.14 bits per heavy atom. The SMILES string of the molecule is C[C@H](C(=O)N(C)CC1CCCCC1)[C@@H]1CC[C@]2(C)CC3SC(C4CC[NH2+]CC4)[NH2+]C3[C@H](C)[C@@H]2[C@H]1O. The molecule has 0 spiro atoms. The average molecular weight is 508 g/mol. The predicted molar refractivity (Wildman–Crippen MR) is 143 cm³/mol. The molecule has 0 bridgehead atoms. The summed E-state index contributed by atoms with van der Waals surface area (Å²) in [6.07, 6.45) is 12.3. The molecule has 2 saturated heterocycles. The van der Waals surface area contributed by atoms with Crippen LogP contribution in [0.25, 0.3) is 0 Å². The zero-order chi connectivity index (χ0) is 24.7. The molecule has 5 N–H and O–H groups in total. The second-order valence-electron chi connectivity index (χ2n) is 13.6. The fraction of sp³-hybridized carbons (Fsp3) is 0.966. The molecular formula is C29H53N3O2S+2. The van der Waals surface area contributed by atoms with Crippen LogP contribution in [0.2, 0.25) is 0 Å². The normalized spacial score (nSPS) is 43.9. The number of rotatable bonds is 5. The summed E-state index contributed by atoms with van der Waals surface area (Å²) >= 11 is 2.28. The highest BCUT2D eigenvalue weighted by Crippen LogP contribution is 2.57. The minimum absolute atomic E-state index is 0.0822. The lowest BCUT2D eigenvalue weighted by Crippen LogP contribution is -2.96. The Morgan fingerprint density at radius 2 is 1.86 bits per heavy atom. The minimum Gasteiger partial charge on any atom is -0.392 e. The van der Waals surface area contributed by atoms with Crippen molar-refractivity contribution in [2.45, 2.75) is 108 Å². The van der Waals surface area contributed by atoms with Crippen LogP contribution in [-0.4, -0.2) is 65.4 Å². The molecule has 1 amide bonds. The number of aliphatic hydroxyl groups excluding tert-OH is 1. The van der Waals surface area contributed by atoms with Gasteiger partial charge in [0.2, 0.25) is 5.91 Å². The highest BCUT2D eigenvalue weighted by Gasteiger charge is 2.60. The summed E-state index contributed by atoms with van der Waals surface area (Å²) in [5, 5.41) is 18.5. The summed E-state index contributed by atoms with van der Waals surface area (Å²) in [4.78, 5) is 15.5. The number of hydrogen-bond donors (Lipinski definition) is 3. The van der Waals surface area contributed by atoms with Crippen molar-refractivity contribution in [2.24, 2.45) is 40.9 Å². The van der Waals surface area contributed by atoms with Crippen LogP contribution in [0.15, 0.2) is 0 Å². The van der Waals surface area contributed by atoms with E-state index in [1.807, 2.05) is 11.9 Å². The molecule has 200 valence electrons. The molecule has 3 aliphatic carbocycles. The number of nitrogens with zero attached hydrogens (tertiary/aromatic N) is 1. The maximum absolute atomic E-state index is 13.5. The molecule has 3 saturated carbocycles. The Bertz CT molecular complexity index is 739. The number of carbonyl (C=O) groups is 1. The lowest BCUT2D eigenvalue weighted by atomic mass is 9.51. The van der Waals surface area contributed by atoms with Crippen molar-refractivity contribution in [3.8, 4) is 0 Å². The van der Waals surface area contributed by atoms with Gasteiger partial charge < -0.3 is 20.6 Å². The molecule has 2 heterocycles. The van der Waals surface area contributed by atoms with E-state index in [0.29, 0.717) is 29.2 Å². The van der Waals surface area contributed by atoms with Gasteiger partial charge >= 0.3 is 0 Å². The number of fused-ring (bicyclic) bond motifs is 2.